The Hall–Kier alpha value is -1.60. The minimum atomic E-state index is 0.0646. The average molecular weight is 205 g/mol. The molecule has 15 heavy (non-hydrogen) atoms. The minimum Gasteiger partial charge on any atom is -0.477 e. The maximum absolute atomic E-state index is 8.32. The maximum Gasteiger partial charge on any atom is 0.174 e. The smallest absolute Gasteiger partial charge is 0.174 e. The van der Waals surface area contributed by atoms with E-state index >= 15 is 0 Å². The van der Waals surface area contributed by atoms with Crippen LogP contribution in [0.1, 0.15) is 19.0 Å². The zero-order valence-corrected chi connectivity index (χ0v) is 8.86. The molecule has 0 aliphatic carbocycles. The predicted molar refractivity (Wildman–Crippen MR) is 57.3 cm³/mol. The van der Waals surface area contributed by atoms with E-state index in [1.54, 1.807) is 6.20 Å². The van der Waals surface area contributed by atoms with Crippen LogP contribution in [0.25, 0.3) is 0 Å². The van der Waals surface area contributed by atoms with Gasteiger partial charge >= 0.3 is 0 Å². The molecule has 0 saturated heterocycles. The third-order valence-corrected chi connectivity index (χ3v) is 1.83. The van der Waals surface area contributed by atoms with Gasteiger partial charge in [-0.05, 0) is 25.1 Å². The first kappa shape index (κ1) is 11.5. The molecule has 0 aromatic carbocycles. The Balaban J connectivity index is 2.39. The van der Waals surface area contributed by atoms with Crippen LogP contribution in [-0.2, 0) is 6.54 Å². The highest BCUT2D eigenvalue weighted by Gasteiger charge is 1.96. The molecule has 0 amide bonds. The van der Waals surface area contributed by atoms with Gasteiger partial charge in [-0.15, -0.1) is 0 Å². The number of hydrogen-bond donors (Lipinski definition) is 1. The van der Waals surface area contributed by atoms with E-state index in [4.69, 9.17) is 10.00 Å². The lowest BCUT2D eigenvalue weighted by Crippen LogP contribution is -2.14. The van der Waals surface area contributed by atoms with Crippen molar-refractivity contribution in [3.63, 3.8) is 0 Å². The summed E-state index contributed by atoms with van der Waals surface area (Å²) in [6.45, 7) is 3.95. The van der Waals surface area contributed by atoms with Crippen LogP contribution in [0.3, 0.4) is 0 Å². The second-order valence-electron chi connectivity index (χ2n) is 3.11. The lowest BCUT2D eigenvalue weighted by atomic mass is 10.3. The topological polar surface area (TPSA) is 57.9 Å². The van der Waals surface area contributed by atoms with Gasteiger partial charge in [-0.2, -0.15) is 5.26 Å². The van der Waals surface area contributed by atoms with Gasteiger partial charge in [-0.3, -0.25) is 4.98 Å². The zero-order chi connectivity index (χ0) is 10.9. The van der Waals surface area contributed by atoms with Crippen LogP contribution in [0, 0.1) is 11.3 Å². The second-order valence-corrected chi connectivity index (χ2v) is 3.11. The number of aromatic nitrogens is 1. The van der Waals surface area contributed by atoms with Crippen molar-refractivity contribution in [2.75, 3.05) is 13.2 Å². The first-order valence-corrected chi connectivity index (χ1v) is 5.02. The fraction of sp³-hybridized carbons (Fsp3) is 0.455. The molecule has 0 aliphatic rings. The Kier molecular flexibility index (Phi) is 5.20. The summed E-state index contributed by atoms with van der Waals surface area (Å²) in [4.78, 5) is 4.21. The molecule has 0 spiro atoms. The van der Waals surface area contributed by atoms with Crippen LogP contribution in [0.15, 0.2) is 18.3 Å². The molecular weight excluding hydrogens is 190 g/mol. The summed E-state index contributed by atoms with van der Waals surface area (Å²) in [6, 6.07) is 5.64. The lowest BCUT2D eigenvalue weighted by molar-refractivity contribution is 0.366. The van der Waals surface area contributed by atoms with Crippen LogP contribution in [-0.4, -0.2) is 18.1 Å². The van der Waals surface area contributed by atoms with Crippen LogP contribution in [0.4, 0.5) is 0 Å². The van der Waals surface area contributed by atoms with E-state index in [-0.39, 0.29) is 6.61 Å². The van der Waals surface area contributed by atoms with E-state index < -0.39 is 0 Å². The van der Waals surface area contributed by atoms with Gasteiger partial charge in [0.15, 0.2) is 6.61 Å². The maximum atomic E-state index is 8.32. The van der Waals surface area contributed by atoms with Gasteiger partial charge in [0.1, 0.15) is 11.8 Å². The van der Waals surface area contributed by atoms with Gasteiger partial charge in [0.2, 0.25) is 0 Å². The lowest BCUT2D eigenvalue weighted by Gasteiger charge is -2.04. The van der Waals surface area contributed by atoms with Gasteiger partial charge in [0.25, 0.3) is 0 Å². The molecule has 0 saturated carbocycles. The Morgan fingerprint density at radius 2 is 2.40 bits per heavy atom. The number of ether oxygens (including phenoxy) is 1. The number of pyridine rings is 1. The molecule has 1 aromatic heterocycles. The predicted octanol–water partition coefficient (Wildman–Crippen LogP) is 1.48. The van der Waals surface area contributed by atoms with Crippen molar-refractivity contribution < 1.29 is 4.74 Å². The Bertz CT molecular complexity index is 316. The third kappa shape index (κ3) is 4.43. The Labute approximate surface area is 89.9 Å². The van der Waals surface area contributed by atoms with Crippen LogP contribution in [0.2, 0.25) is 0 Å². The molecule has 0 unspecified atom stereocenters. The van der Waals surface area contributed by atoms with E-state index in [0.29, 0.717) is 5.75 Å². The summed E-state index contributed by atoms with van der Waals surface area (Å²) in [7, 11) is 0. The van der Waals surface area contributed by atoms with Gasteiger partial charge in [0.05, 0.1) is 11.9 Å². The summed E-state index contributed by atoms with van der Waals surface area (Å²) >= 11 is 0. The SMILES string of the molecule is CCCNCc1ccc(OCC#N)cn1. The van der Waals surface area contributed by atoms with Crippen LogP contribution >= 0.6 is 0 Å². The summed E-state index contributed by atoms with van der Waals surface area (Å²) < 4.78 is 5.09. The highest BCUT2D eigenvalue weighted by Crippen LogP contribution is 2.08. The molecule has 0 atom stereocenters. The fourth-order valence-electron chi connectivity index (χ4n) is 1.11. The summed E-state index contributed by atoms with van der Waals surface area (Å²) in [6.07, 6.45) is 2.75. The number of rotatable bonds is 6. The number of nitrogens with one attached hydrogen (secondary N) is 1. The van der Waals surface area contributed by atoms with Gasteiger partial charge in [0, 0.05) is 6.54 Å². The standard InChI is InChI=1S/C11H15N3O/c1-2-6-13-8-10-3-4-11(9-14-10)15-7-5-12/h3-4,9,13H,2,6-8H2,1H3. The Morgan fingerprint density at radius 3 is 3.00 bits per heavy atom. The van der Waals surface area contributed by atoms with Crippen LogP contribution < -0.4 is 10.1 Å². The van der Waals surface area contributed by atoms with Crippen molar-refractivity contribution in [2.24, 2.45) is 0 Å². The molecule has 0 bridgehead atoms. The highest BCUT2D eigenvalue weighted by atomic mass is 16.5. The first-order chi connectivity index (χ1) is 7.36. The van der Waals surface area contributed by atoms with Crippen molar-refractivity contribution in [3.05, 3.63) is 24.0 Å². The molecule has 1 aromatic rings. The van der Waals surface area contributed by atoms with Crippen molar-refractivity contribution >= 4 is 0 Å². The van der Waals surface area contributed by atoms with E-state index in [1.807, 2.05) is 18.2 Å². The minimum absolute atomic E-state index is 0.0646. The third-order valence-electron chi connectivity index (χ3n) is 1.83. The normalized spacial score (nSPS) is 9.60. The van der Waals surface area contributed by atoms with E-state index in [0.717, 1.165) is 25.2 Å². The van der Waals surface area contributed by atoms with Crippen LogP contribution in [0.5, 0.6) is 5.75 Å². The van der Waals surface area contributed by atoms with E-state index in [1.165, 1.54) is 0 Å². The monoisotopic (exact) mass is 205 g/mol. The molecule has 1 N–H and O–H groups in total. The zero-order valence-electron chi connectivity index (χ0n) is 8.86. The molecule has 1 rings (SSSR count). The van der Waals surface area contributed by atoms with Crippen molar-refractivity contribution in [1.82, 2.24) is 10.3 Å². The summed E-state index contributed by atoms with van der Waals surface area (Å²) in [5.74, 6) is 0.635. The largest absolute Gasteiger partial charge is 0.477 e. The highest BCUT2D eigenvalue weighted by molar-refractivity contribution is 5.20. The van der Waals surface area contributed by atoms with Crippen molar-refractivity contribution in [2.45, 2.75) is 19.9 Å². The molecule has 0 aliphatic heterocycles. The molecular formula is C11H15N3O. The first-order valence-electron chi connectivity index (χ1n) is 5.02. The van der Waals surface area contributed by atoms with E-state index in [2.05, 4.69) is 17.2 Å². The number of hydrogen-bond acceptors (Lipinski definition) is 4. The van der Waals surface area contributed by atoms with Gasteiger partial charge in [-0.25, -0.2) is 0 Å². The molecule has 0 fully saturated rings. The molecule has 0 radical (unpaired) electrons. The van der Waals surface area contributed by atoms with Crippen molar-refractivity contribution in [3.8, 4) is 11.8 Å². The number of nitriles is 1. The molecule has 4 heteroatoms. The summed E-state index contributed by atoms with van der Waals surface area (Å²) in [5.41, 5.74) is 0.979. The van der Waals surface area contributed by atoms with Gasteiger partial charge < -0.3 is 10.1 Å². The fourth-order valence-corrected chi connectivity index (χ4v) is 1.11. The quantitative estimate of drug-likeness (QED) is 0.715. The average Bonchev–Trinajstić information content (AvgIpc) is 2.28. The van der Waals surface area contributed by atoms with Crippen molar-refractivity contribution in [1.29, 1.82) is 5.26 Å². The summed E-state index contributed by atoms with van der Waals surface area (Å²) in [5, 5.41) is 11.6. The molecule has 4 nitrogen and oxygen atoms in total. The van der Waals surface area contributed by atoms with Gasteiger partial charge in [-0.1, -0.05) is 6.92 Å². The van der Waals surface area contributed by atoms with E-state index in [9.17, 15) is 0 Å². The molecule has 1 heterocycles. The second kappa shape index (κ2) is 6.80. The Morgan fingerprint density at radius 1 is 1.53 bits per heavy atom. The molecule has 80 valence electrons. The number of nitrogens with zero attached hydrogens (tertiary/aromatic N) is 2.